The van der Waals surface area contributed by atoms with Crippen LogP contribution in [0.15, 0.2) is 12.1 Å². The smallest absolute Gasteiger partial charge is 0.222 e. The zero-order valence-electron chi connectivity index (χ0n) is 8.06. The van der Waals surface area contributed by atoms with Gasteiger partial charge in [-0.2, -0.15) is 4.98 Å². The average molecular weight is 206 g/mol. The molecule has 6 nitrogen and oxygen atoms in total. The third kappa shape index (κ3) is 1.45. The van der Waals surface area contributed by atoms with Crippen LogP contribution in [0.25, 0.3) is 10.9 Å². The summed E-state index contributed by atoms with van der Waals surface area (Å²) >= 11 is 0. The summed E-state index contributed by atoms with van der Waals surface area (Å²) in [4.78, 5) is 7.77. The van der Waals surface area contributed by atoms with Crippen molar-refractivity contribution in [3.8, 4) is 11.5 Å². The van der Waals surface area contributed by atoms with Crippen LogP contribution >= 0.6 is 0 Å². The molecule has 0 aliphatic heterocycles. The van der Waals surface area contributed by atoms with Crippen molar-refractivity contribution in [3.63, 3.8) is 0 Å². The molecule has 1 aromatic carbocycles. The molecule has 1 aromatic heterocycles. The number of hydrogen-bond acceptors (Lipinski definition) is 6. The van der Waals surface area contributed by atoms with Crippen molar-refractivity contribution in [2.75, 3.05) is 18.6 Å². The van der Waals surface area contributed by atoms with Crippen LogP contribution in [0.5, 0.6) is 11.5 Å². The lowest BCUT2D eigenvalue weighted by molar-refractivity contribution is 0.374. The molecule has 0 aliphatic carbocycles. The van der Waals surface area contributed by atoms with Crippen LogP contribution in [-0.2, 0) is 0 Å². The fraction of sp³-hybridized carbons (Fsp3) is 0.111. The molecule has 78 valence electrons. The van der Waals surface area contributed by atoms with Crippen LogP contribution in [0, 0.1) is 0 Å². The highest BCUT2D eigenvalue weighted by Gasteiger charge is 2.08. The highest BCUT2D eigenvalue weighted by molar-refractivity contribution is 5.91. The highest BCUT2D eigenvalue weighted by Crippen LogP contribution is 2.32. The molecule has 0 unspecified atom stereocenters. The van der Waals surface area contributed by atoms with Crippen LogP contribution < -0.4 is 16.2 Å². The molecule has 0 spiro atoms. The molecule has 6 heteroatoms. The number of fused-ring (bicyclic) bond motifs is 1. The Morgan fingerprint density at radius 1 is 1.27 bits per heavy atom. The van der Waals surface area contributed by atoms with E-state index in [2.05, 4.69) is 9.97 Å². The second kappa shape index (κ2) is 3.16. The van der Waals surface area contributed by atoms with Crippen molar-refractivity contribution < 1.29 is 9.84 Å². The number of nitrogen functional groups attached to an aromatic ring is 2. The Hall–Kier alpha value is -2.24. The Bertz CT molecular complexity index is 527. The quantitative estimate of drug-likeness (QED) is 0.627. The summed E-state index contributed by atoms with van der Waals surface area (Å²) in [5.41, 5.74) is 11.6. The zero-order valence-corrected chi connectivity index (χ0v) is 8.06. The van der Waals surface area contributed by atoms with Crippen LogP contribution in [0.2, 0.25) is 0 Å². The number of methoxy groups -OCH3 is 1. The zero-order chi connectivity index (χ0) is 11.0. The summed E-state index contributed by atoms with van der Waals surface area (Å²) in [7, 11) is 1.45. The van der Waals surface area contributed by atoms with Crippen LogP contribution in [0.4, 0.5) is 11.8 Å². The molecule has 0 fully saturated rings. The van der Waals surface area contributed by atoms with Crippen LogP contribution in [0.3, 0.4) is 0 Å². The Balaban J connectivity index is 2.81. The van der Waals surface area contributed by atoms with Gasteiger partial charge < -0.3 is 21.3 Å². The molecule has 2 rings (SSSR count). The maximum absolute atomic E-state index is 9.53. The fourth-order valence-corrected chi connectivity index (χ4v) is 1.35. The Kier molecular flexibility index (Phi) is 1.96. The third-order valence-electron chi connectivity index (χ3n) is 2.04. The van der Waals surface area contributed by atoms with Gasteiger partial charge in [0.05, 0.1) is 12.6 Å². The molecule has 5 N–H and O–H groups in total. The topological polar surface area (TPSA) is 107 Å². The van der Waals surface area contributed by atoms with Gasteiger partial charge >= 0.3 is 0 Å². The number of aromatic nitrogens is 2. The second-order valence-corrected chi connectivity index (χ2v) is 3.01. The van der Waals surface area contributed by atoms with Crippen LogP contribution in [-0.4, -0.2) is 22.2 Å². The molecule has 2 aromatic rings. The molecule has 0 atom stereocenters. The van der Waals surface area contributed by atoms with E-state index >= 15 is 0 Å². The number of aromatic hydroxyl groups is 1. The number of phenols is 1. The van der Waals surface area contributed by atoms with Crippen molar-refractivity contribution in [1.82, 2.24) is 9.97 Å². The lowest BCUT2D eigenvalue weighted by atomic mass is 10.2. The SMILES string of the molecule is COc1cc2nc(N)nc(N)c2cc1O. The van der Waals surface area contributed by atoms with Crippen molar-refractivity contribution in [3.05, 3.63) is 12.1 Å². The number of ether oxygens (including phenoxy) is 1. The van der Waals surface area contributed by atoms with Gasteiger partial charge in [-0.15, -0.1) is 0 Å². The number of benzene rings is 1. The first-order valence-electron chi connectivity index (χ1n) is 4.21. The van der Waals surface area contributed by atoms with Gasteiger partial charge in [-0.05, 0) is 6.07 Å². The van der Waals surface area contributed by atoms with Gasteiger partial charge in [0.2, 0.25) is 5.95 Å². The van der Waals surface area contributed by atoms with E-state index in [4.69, 9.17) is 16.2 Å². The van der Waals surface area contributed by atoms with Gasteiger partial charge in [0.25, 0.3) is 0 Å². The molecular formula is C9H10N4O2. The molecule has 1 heterocycles. The van der Waals surface area contributed by atoms with Gasteiger partial charge in [-0.25, -0.2) is 4.98 Å². The summed E-state index contributed by atoms with van der Waals surface area (Å²) in [6, 6.07) is 3.00. The second-order valence-electron chi connectivity index (χ2n) is 3.01. The van der Waals surface area contributed by atoms with E-state index in [-0.39, 0.29) is 17.5 Å². The number of phenolic OH excluding ortho intramolecular Hbond substituents is 1. The minimum absolute atomic E-state index is 0.00919. The van der Waals surface area contributed by atoms with E-state index < -0.39 is 0 Å². The van der Waals surface area contributed by atoms with Crippen molar-refractivity contribution in [1.29, 1.82) is 0 Å². The summed E-state index contributed by atoms with van der Waals surface area (Å²) in [5.74, 6) is 0.633. The summed E-state index contributed by atoms with van der Waals surface area (Å²) in [6.07, 6.45) is 0. The van der Waals surface area contributed by atoms with Gasteiger partial charge in [0, 0.05) is 11.5 Å². The number of hydrogen-bond donors (Lipinski definition) is 3. The van der Waals surface area contributed by atoms with E-state index in [1.165, 1.54) is 13.2 Å². The van der Waals surface area contributed by atoms with E-state index in [0.29, 0.717) is 16.7 Å². The predicted octanol–water partition coefficient (Wildman–Crippen LogP) is 0.508. The number of rotatable bonds is 1. The average Bonchev–Trinajstić information content (AvgIpc) is 2.18. The van der Waals surface area contributed by atoms with E-state index in [1.807, 2.05) is 0 Å². The third-order valence-corrected chi connectivity index (χ3v) is 2.04. The minimum Gasteiger partial charge on any atom is -0.504 e. The first-order valence-corrected chi connectivity index (χ1v) is 4.21. The normalized spacial score (nSPS) is 10.5. The van der Waals surface area contributed by atoms with Gasteiger partial charge in [0.1, 0.15) is 5.82 Å². The Morgan fingerprint density at radius 2 is 2.00 bits per heavy atom. The first kappa shape index (κ1) is 9.32. The Labute approximate surface area is 85.5 Å². The molecular weight excluding hydrogens is 196 g/mol. The molecule has 0 aliphatic rings. The lowest BCUT2D eigenvalue weighted by Gasteiger charge is -2.06. The minimum atomic E-state index is -0.00919. The first-order chi connectivity index (χ1) is 7.11. The molecule has 15 heavy (non-hydrogen) atoms. The van der Waals surface area contributed by atoms with Crippen molar-refractivity contribution in [2.45, 2.75) is 0 Å². The maximum Gasteiger partial charge on any atom is 0.222 e. The Morgan fingerprint density at radius 3 is 2.67 bits per heavy atom. The van der Waals surface area contributed by atoms with E-state index in [9.17, 15) is 5.11 Å². The van der Waals surface area contributed by atoms with E-state index in [1.54, 1.807) is 6.07 Å². The van der Waals surface area contributed by atoms with Gasteiger partial charge in [0.15, 0.2) is 11.5 Å². The van der Waals surface area contributed by atoms with Crippen molar-refractivity contribution >= 4 is 22.7 Å². The van der Waals surface area contributed by atoms with Gasteiger partial charge in [-0.3, -0.25) is 0 Å². The molecule has 0 amide bonds. The maximum atomic E-state index is 9.53. The highest BCUT2D eigenvalue weighted by atomic mass is 16.5. The molecule has 0 radical (unpaired) electrons. The predicted molar refractivity (Wildman–Crippen MR) is 56.6 cm³/mol. The van der Waals surface area contributed by atoms with Crippen molar-refractivity contribution in [2.24, 2.45) is 0 Å². The monoisotopic (exact) mass is 206 g/mol. The number of nitrogens with zero attached hydrogens (tertiary/aromatic N) is 2. The summed E-state index contributed by atoms with van der Waals surface area (Å²) in [5, 5.41) is 10.1. The summed E-state index contributed by atoms with van der Waals surface area (Å²) in [6.45, 7) is 0. The standard InChI is InChI=1S/C9H10N4O2/c1-15-7-3-5-4(2-6(7)14)8(10)13-9(11)12-5/h2-3,14H,1H3,(H4,10,11,12,13). The molecule has 0 saturated heterocycles. The lowest BCUT2D eigenvalue weighted by Crippen LogP contribution is -2.00. The molecule has 0 bridgehead atoms. The van der Waals surface area contributed by atoms with E-state index in [0.717, 1.165) is 0 Å². The van der Waals surface area contributed by atoms with Gasteiger partial charge in [-0.1, -0.05) is 0 Å². The number of nitrogens with two attached hydrogens (primary N) is 2. The largest absolute Gasteiger partial charge is 0.504 e. The number of anilines is 2. The summed E-state index contributed by atoms with van der Waals surface area (Å²) < 4.78 is 4.94. The fourth-order valence-electron chi connectivity index (χ4n) is 1.35. The van der Waals surface area contributed by atoms with Crippen LogP contribution in [0.1, 0.15) is 0 Å². The molecule has 0 saturated carbocycles.